The van der Waals surface area contributed by atoms with Crippen LogP contribution < -0.4 is 0 Å². The van der Waals surface area contributed by atoms with Gasteiger partial charge in [-0.15, -0.1) is 0 Å². The Balaban J connectivity index is 1.01. The lowest BCUT2D eigenvalue weighted by molar-refractivity contribution is 0.355. The fourth-order valence-electron chi connectivity index (χ4n) is 21.8. The van der Waals surface area contributed by atoms with Crippen molar-refractivity contribution in [1.82, 2.24) is 39.9 Å². The summed E-state index contributed by atoms with van der Waals surface area (Å²) in [6, 6.07) is 20.5. The number of hydrogen-bond acceptors (Lipinski definition) is 6. The molecule has 3 aromatic heterocycles. The zero-order valence-electron chi connectivity index (χ0n) is 58.9. The number of H-pyrrole nitrogens is 2. The molecule has 0 amide bonds. The molecule has 10 aliphatic rings. The smallest absolute Gasteiger partial charge is 0.165 e. The van der Waals surface area contributed by atoms with Crippen LogP contribution in [0.5, 0.6) is 0 Å². The number of fused-ring (bicyclic) bond motifs is 20. The molecule has 0 saturated heterocycles. The van der Waals surface area contributed by atoms with Crippen LogP contribution in [-0.2, 0) is 51.4 Å². The van der Waals surface area contributed by atoms with E-state index in [4.69, 9.17) is 29.9 Å². The van der Waals surface area contributed by atoms with Gasteiger partial charge in [0.25, 0.3) is 0 Å². The van der Waals surface area contributed by atoms with Gasteiger partial charge in [0.1, 0.15) is 22.6 Å². The average Bonchev–Trinajstić information content (AvgIpc) is 1.58. The molecule has 0 atom stereocenters. The molecule has 0 radical (unpaired) electrons. The van der Waals surface area contributed by atoms with Crippen molar-refractivity contribution in [2.75, 3.05) is 0 Å². The monoisotopic (exact) mass is 1280 g/mol. The molecule has 506 valence electrons. The van der Waals surface area contributed by atoms with E-state index in [2.05, 4.69) is 58.5 Å². The lowest BCUT2D eigenvalue weighted by Gasteiger charge is -2.25. The van der Waals surface area contributed by atoms with Crippen LogP contribution in [0.1, 0.15) is 301 Å². The molecule has 8 fully saturated rings. The highest BCUT2D eigenvalue weighted by Crippen LogP contribution is 2.49. The second-order valence-corrected chi connectivity index (χ2v) is 33.8. The largest absolute Gasteiger partial charge is 0.324 e. The molecule has 4 aromatic carbocycles. The van der Waals surface area contributed by atoms with E-state index in [1.54, 1.807) is 0 Å². The third-order valence-electron chi connectivity index (χ3n) is 27.0. The van der Waals surface area contributed by atoms with Crippen LogP contribution in [0, 0.1) is 47.3 Å². The number of hydrogen-bond donors (Lipinski definition) is 2. The summed E-state index contributed by atoms with van der Waals surface area (Å²) in [4.78, 5) is 45.6. The molecule has 7 aromatic rings. The van der Waals surface area contributed by atoms with Crippen LogP contribution in [0.25, 0.3) is 89.7 Å². The second-order valence-electron chi connectivity index (χ2n) is 33.8. The molecule has 8 aliphatic carbocycles. The molecular weight excluding hydrogens is 1170 g/mol. The van der Waals surface area contributed by atoms with Crippen molar-refractivity contribution in [1.29, 1.82) is 0 Å². The van der Waals surface area contributed by atoms with Crippen molar-refractivity contribution in [3.63, 3.8) is 0 Å². The van der Waals surface area contributed by atoms with Gasteiger partial charge in [-0.05, 0) is 143 Å². The Labute approximate surface area is 574 Å². The Hall–Kier alpha value is -5.76. The number of nitrogens with one attached hydrogen (secondary N) is 2. The predicted octanol–water partition coefficient (Wildman–Crippen LogP) is 23.9. The zero-order chi connectivity index (χ0) is 63.7. The highest BCUT2D eigenvalue weighted by molar-refractivity contribution is 6.10. The first-order chi connectivity index (χ1) is 47.5. The number of nitrogens with zero attached hydrogens (tertiary/aromatic N) is 6. The van der Waals surface area contributed by atoms with E-state index in [9.17, 15) is 0 Å². The highest BCUT2D eigenvalue weighted by atomic mass is 15.1. The molecule has 96 heavy (non-hydrogen) atoms. The summed E-state index contributed by atoms with van der Waals surface area (Å²) in [5.41, 5.74) is 20.2. The Bertz CT molecular complexity index is 3550. The number of rotatable bonds is 16. The van der Waals surface area contributed by atoms with E-state index in [0.29, 0.717) is 47.3 Å². The minimum atomic E-state index is 0.654. The van der Waals surface area contributed by atoms with Crippen LogP contribution in [0.2, 0.25) is 0 Å². The molecule has 8 bridgehead atoms. The van der Waals surface area contributed by atoms with E-state index in [1.807, 2.05) is 0 Å². The molecule has 2 N–H and O–H groups in total. The fourth-order valence-corrected chi connectivity index (χ4v) is 21.8. The fraction of sp³-hybridized carbons (Fsp3) is 0.636. The van der Waals surface area contributed by atoms with Crippen LogP contribution in [-0.4, -0.2) is 39.9 Å². The number of aromatic nitrogens is 8. The van der Waals surface area contributed by atoms with Crippen molar-refractivity contribution in [3.8, 4) is 45.6 Å². The molecule has 5 heterocycles. The SMILES string of the molecule is c1cc(CC2CCCCC2)c2c(c1CC1CCCCC1)-c1nc-2nc2[nH]c(nc3nc(nc4[nH]c(n1)c1c(CC5CCCCC5)ccc(CC5CCCCC5)c41)-c1c(CC4CCCCC4)ccc(CC4CCCCC4)c1-3)c1c(CC3CCCCC3)ccc(CC3CCCCC3)c21. The maximum absolute atomic E-state index is 6.25. The lowest BCUT2D eigenvalue weighted by Crippen LogP contribution is -2.12. The third kappa shape index (κ3) is 13.6. The minimum Gasteiger partial charge on any atom is -0.324 e. The Morgan fingerprint density at radius 3 is 0.531 bits per heavy atom. The van der Waals surface area contributed by atoms with Crippen molar-refractivity contribution in [3.05, 3.63) is 93.0 Å². The van der Waals surface area contributed by atoms with E-state index < -0.39 is 0 Å². The Morgan fingerprint density at radius 2 is 0.354 bits per heavy atom. The van der Waals surface area contributed by atoms with Crippen molar-refractivity contribution < 1.29 is 0 Å². The maximum Gasteiger partial charge on any atom is 0.165 e. The summed E-state index contributed by atoms with van der Waals surface area (Å²) in [7, 11) is 0. The summed E-state index contributed by atoms with van der Waals surface area (Å²) in [6.07, 6.45) is 61.5. The summed E-state index contributed by atoms with van der Waals surface area (Å²) in [6.45, 7) is 0. The normalized spacial score (nSPS) is 21.3. The van der Waals surface area contributed by atoms with Gasteiger partial charge in [-0.25, -0.2) is 29.9 Å². The molecule has 2 aliphatic heterocycles. The van der Waals surface area contributed by atoms with Crippen LogP contribution in [0.3, 0.4) is 0 Å². The van der Waals surface area contributed by atoms with Crippen LogP contribution in [0.4, 0.5) is 0 Å². The van der Waals surface area contributed by atoms with Gasteiger partial charge in [-0.3, -0.25) is 0 Å². The van der Waals surface area contributed by atoms with Gasteiger partial charge >= 0.3 is 0 Å². The quantitative estimate of drug-likeness (QED) is 0.0998. The predicted molar refractivity (Wildman–Crippen MR) is 398 cm³/mol. The van der Waals surface area contributed by atoms with Crippen molar-refractivity contribution in [2.24, 2.45) is 47.3 Å². The first-order valence-electron chi connectivity index (χ1n) is 41.0. The van der Waals surface area contributed by atoms with Gasteiger partial charge in [0, 0.05) is 43.8 Å². The summed E-state index contributed by atoms with van der Waals surface area (Å²) in [5.74, 6) is 8.65. The first-order valence-corrected chi connectivity index (χ1v) is 41.0. The average molecular weight is 1280 g/mol. The van der Waals surface area contributed by atoms with Gasteiger partial charge in [0.05, 0.1) is 0 Å². The molecule has 17 rings (SSSR count). The summed E-state index contributed by atoms with van der Waals surface area (Å²) >= 11 is 0. The van der Waals surface area contributed by atoms with E-state index in [0.717, 1.165) is 97.3 Å². The topological polar surface area (TPSA) is 109 Å². The number of aromatic amines is 2. The maximum atomic E-state index is 6.25. The summed E-state index contributed by atoms with van der Waals surface area (Å²) in [5, 5.41) is 5.16. The van der Waals surface area contributed by atoms with Crippen molar-refractivity contribution in [2.45, 2.75) is 308 Å². The van der Waals surface area contributed by atoms with Crippen LogP contribution in [0.15, 0.2) is 48.5 Å². The van der Waals surface area contributed by atoms with Gasteiger partial charge in [0.15, 0.2) is 23.3 Å². The molecule has 8 nitrogen and oxygen atoms in total. The van der Waals surface area contributed by atoms with E-state index in [1.165, 1.54) is 345 Å². The first kappa shape index (κ1) is 63.7. The molecule has 0 spiro atoms. The molecule has 0 unspecified atom stereocenters. The van der Waals surface area contributed by atoms with Gasteiger partial charge in [0.2, 0.25) is 0 Å². The van der Waals surface area contributed by atoms with Gasteiger partial charge < -0.3 is 9.97 Å². The number of benzene rings is 4. The van der Waals surface area contributed by atoms with Crippen LogP contribution >= 0.6 is 0 Å². The minimum absolute atomic E-state index is 0.654. The summed E-state index contributed by atoms with van der Waals surface area (Å²) < 4.78 is 0. The highest BCUT2D eigenvalue weighted by Gasteiger charge is 2.34. The van der Waals surface area contributed by atoms with E-state index >= 15 is 0 Å². The second kappa shape index (κ2) is 29.2. The third-order valence-corrected chi connectivity index (χ3v) is 27.0. The Kier molecular flexibility index (Phi) is 19.4. The standard InChI is InChI=1S/C88H114N8/c1-9-25-57(26-10-1)49-65-41-42-66(50-58-27-11-2-12-28-58)74-73(65)81-89-82(74)94-84-77-69(53-61-33-17-5-18-34-61)45-46-70(54-62-35-19-6-20-36-62)78(77)86(91-84)96-88-80-72(56-64-39-23-8-24-40-64)48-47-71(55-63-37-21-7-22-38-63)79(80)87(92-88)95-85-76-68(52-60-31-15-4-16-32-60)44-43-67(75(76)83(90-85)93-81)51-59-29-13-3-14-30-59/h41-48,57-64H,1-40,49-56H2,(H2,89,90,91,92,93,94,95,96). The molecule has 8 saturated carbocycles. The van der Waals surface area contributed by atoms with Gasteiger partial charge in [-0.2, -0.15) is 0 Å². The van der Waals surface area contributed by atoms with Gasteiger partial charge in [-0.1, -0.05) is 305 Å². The van der Waals surface area contributed by atoms with E-state index in [-0.39, 0.29) is 0 Å². The lowest BCUT2D eigenvalue weighted by atomic mass is 9.80. The Morgan fingerprint density at radius 1 is 0.198 bits per heavy atom. The molecule has 8 heteroatoms. The van der Waals surface area contributed by atoms with Crippen molar-refractivity contribution >= 4 is 44.1 Å². The molecular formula is C88H114N8. The zero-order valence-corrected chi connectivity index (χ0v) is 58.9.